The smallest absolute Gasteiger partial charge is 0.198 e. The highest BCUT2D eigenvalue weighted by atomic mass is 35.5. The highest BCUT2D eigenvalue weighted by molar-refractivity contribution is 6.17. The molecule has 2 rings (SSSR count). The van der Waals surface area contributed by atoms with Gasteiger partial charge in [0.05, 0.1) is 7.11 Å². The van der Waals surface area contributed by atoms with Crippen molar-refractivity contribution < 1.29 is 18.3 Å². The quantitative estimate of drug-likeness (QED) is 0.769. The Morgan fingerprint density at radius 2 is 1.53 bits per heavy atom. The fourth-order valence-electron chi connectivity index (χ4n) is 1.55. The second-order valence-electron chi connectivity index (χ2n) is 3.80. The molecular weight excluding hydrogens is 274 g/mol. The van der Waals surface area contributed by atoms with Crippen LogP contribution in [0.5, 0.6) is 17.2 Å². The van der Waals surface area contributed by atoms with Crippen molar-refractivity contribution in [3.8, 4) is 17.2 Å². The summed E-state index contributed by atoms with van der Waals surface area (Å²) in [5.41, 5.74) is 0.360. The lowest BCUT2D eigenvalue weighted by Gasteiger charge is -2.09. The fraction of sp³-hybridized carbons (Fsp3) is 0.143. The summed E-state index contributed by atoms with van der Waals surface area (Å²) in [6.07, 6.45) is 0. The molecule has 5 heteroatoms. The molecule has 0 aliphatic heterocycles. The average Bonchev–Trinajstić information content (AvgIpc) is 2.43. The van der Waals surface area contributed by atoms with E-state index in [9.17, 15) is 8.78 Å². The van der Waals surface area contributed by atoms with Crippen LogP contribution >= 0.6 is 11.6 Å². The van der Waals surface area contributed by atoms with Crippen molar-refractivity contribution in [1.82, 2.24) is 0 Å². The van der Waals surface area contributed by atoms with E-state index in [1.165, 1.54) is 7.11 Å². The minimum Gasteiger partial charge on any atom is -0.497 e. The molecule has 0 N–H and O–H groups in total. The van der Waals surface area contributed by atoms with Gasteiger partial charge in [-0.3, -0.25) is 0 Å². The van der Waals surface area contributed by atoms with Crippen LogP contribution in [0.25, 0.3) is 0 Å². The summed E-state index contributed by atoms with van der Waals surface area (Å²) < 4.78 is 37.5. The molecule has 19 heavy (non-hydrogen) atoms. The van der Waals surface area contributed by atoms with Gasteiger partial charge in [0.1, 0.15) is 11.5 Å². The molecule has 0 unspecified atom stereocenters. The molecule has 0 aliphatic carbocycles. The third kappa shape index (κ3) is 3.15. The molecule has 0 amide bonds. The molecule has 0 saturated heterocycles. The first-order valence-electron chi connectivity index (χ1n) is 5.50. The second-order valence-corrected chi connectivity index (χ2v) is 4.07. The van der Waals surface area contributed by atoms with Crippen molar-refractivity contribution in [2.24, 2.45) is 0 Å². The van der Waals surface area contributed by atoms with Gasteiger partial charge in [-0.1, -0.05) is 0 Å². The number of methoxy groups -OCH3 is 1. The van der Waals surface area contributed by atoms with Crippen LogP contribution in [-0.4, -0.2) is 7.11 Å². The third-order valence-electron chi connectivity index (χ3n) is 2.49. The van der Waals surface area contributed by atoms with Crippen LogP contribution in [0, 0.1) is 11.6 Å². The molecule has 0 aromatic heterocycles. The van der Waals surface area contributed by atoms with Crippen LogP contribution in [0.2, 0.25) is 0 Å². The van der Waals surface area contributed by atoms with E-state index in [2.05, 4.69) is 0 Å². The molecule has 2 nitrogen and oxygen atoms in total. The van der Waals surface area contributed by atoms with E-state index in [0.717, 1.165) is 12.1 Å². The maximum absolute atomic E-state index is 13.7. The molecule has 0 heterocycles. The Morgan fingerprint density at radius 3 is 2.00 bits per heavy atom. The number of rotatable bonds is 4. The van der Waals surface area contributed by atoms with E-state index < -0.39 is 17.4 Å². The first kappa shape index (κ1) is 13.6. The van der Waals surface area contributed by atoms with Gasteiger partial charge in [-0.05, 0) is 42.0 Å². The SMILES string of the molecule is COc1ccc(Oc2c(F)cc(CCl)cc2F)cc1. The van der Waals surface area contributed by atoms with Crippen molar-refractivity contribution in [3.63, 3.8) is 0 Å². The number of halogens is 3. The largest absolute Gasteiger partial charge is 0.497 e. The Labute approximate surface area is 114 Å². The van der Waals surface area contributed by atoms with E-state index in [-0.39, 0.29) is 5.88 Å². The normalized spacial score (nSPS) is 10.3. The van der Waals surface area contributed by atoms with Gasteiger partial charge in [-0.15, -0.1) is 11.6 Å². The van der Waals surface area contributed by atoms with Gasteiger partial charge in [0.2, 0.25) is 0 Å². The number of hydrogen-bond donors (Lipinski definition) is 0. The molecule has 0 spiro atoms. The first-order valence-corrected chi connectivity index (χ1v) is 6.03. The molecule has 0 saturated carbocycles. The summed E-state index contributed by atoms with van der Waals surface area (Å²) in [4.78, 5) is 0. The van der Waals surface area contributed by atoms with Gasteiger partial charge in [0, 0.05) is 5.88 Å². The Balaban J connectivity index is 2.27. The van der Waals surface area contributed by atoms with Crippen molar-refractivity contribution in [2.45, 2.75) is 5.88 Å². The zero-order valence-corrected chi connectivity index (χ0v) is 10.9. The average molecular weight is 285 g/mol. The molecule has 2 aromatic carbocycles. The third-order valence-corrected chi connectivity index (χ3v) is 2.80. The second kappa shape index (κ2) is 5.89. The van der Waals surface area contributed by atoms with Crippen molar-refractivity contribution in [3.05, 3.63) is 53.6 Å². The first-order chi connectivity index (χ1) is 9.13. The van der Waals surface area contributed by atoms with E-state index in [4.69, 9.17) is 21.1 Å². The Kier molecular flexibility index (Phi) is 4.22. The summed E-state index contributed by atoms with van der Waals surface area (Å²) in [6, 6.07) is 8.70. The Bertz CT molecular complexity index is 547. The zero-order valence-electron chi connectivity index (χ0n) is 10.1. The van der Waals surface area contributed by atoms with Gasteiger partial charge < -0.3 is 9.47 Å². The lowest BCUT2D eigenvalue weighted by atomic mass is 10.2. The molecule has 0 bridgehead atoms. The maximum Gasteiger partial charge on any atom is 0.198 e. The van der Waals surface area contributed by atoms with Crippen molar-refractivity contribution in [1.29, 1.82) is 0 Å². The summed E-state index contributed by atoms with van der Waals surface area (Å²) in [5.74, 6) is -1.03. The standard InChI is InChI=1S/C14H11ClF2O2/c1-18-10-2-4-11(5-3-10)19-14-12(16)6-9(8-15)7-13(14)17/h2-7H,8H2,1H3. The minimum absolute atomic E-state index is 0.0383. The van der Waals surface area contributed by atoms with Crippen LogP contribution in [0.15, 0.2) is 36.4 Å². The molecule has 0 radical (unpaired) electrons. The molecule has 0 fully saturated rings. The molecule has 0 atom stereocenters. The Morgan fingerprint density at radius 1 is 1.00 bits per heavy atom. The number of hydrogen-bond acceptors (Lipinski definition) is 2. The fourth-order valence-corrected chi connectivity index (χ4v) is 1.70. The Hall–Kier alpha value is -1.81. The van der Waals surface area contributed by atoms with Crippen LogP contribution in [0.3, 0.4) is 0 Å². The van der Waals surface area contributed by atoms with E-state index in [1.807, 2.05) is 0 Å². The lowest BCUT2D eigenvalue weighted by Crippen LogP contribution is -1.95. The van der Waals surface area contributed by atoms with Gasteiger partial charge in [-0.2, -0.15) is 0 Å². The van der Waals surface area contributed by atoms with E-state index >= 15 is 0 Å². The lowest BCUT2D eigenvalue weighted by molar-refractivity contribution is 0.400. The number of alkyl halides is 1. The minimum atomic E-state index is -0.786. The molecule has 100 valence electrons. The summed E-state index contributed by atoms with van der Waals surface area (Å²) in [5, 5.41) is 0. The van der Waals surface area contributed by atoms with Gasteiger partial charge in [0.15, 0.2) is 17.4 Å². The molecular formula is C14H11ClF2O2. The van der Waals surface area contributed by atoms with Gasteiger partial charge in [0.25, 0.3) is 0 Å². The number of ether oxygens (including phenoxy) is 2. The summed E-state index contributed by atoms with van der Waals surface area (Å²) >= 11 is 5.53. The van der Waals surface area contributed by atoms with Crippen LogP contribution in [0.4, 0.5) is 8.78 Å². The summed E-state index contributed by atoms with van der Waals surface area (Å²) in [6.45, 7) is 0. The molecule has 0 aliphatic rings. The molecule has 2 aromatic rings. The van der Waals surface area contributed by atoms with E-state index in [0.29, 0.717) is 17.1 Å². The highest BCUT2D eigenvalue weighted by Gasteiger charge is 2.13. The van der Waals surface area contributed by atoms with E-state index in [1.54, 1.807) is 24.3 Å². The maximum atomic E-state index is 13.7. The van der Waals surface area contributed by atoms with Gasteiger partial charge in [-0.25, -0.2) is 8.78 Å². The van der Waals surface area contributed by atoms with Gasteiger partial charge >= 0.3 is 0 Å². The monoisotopic (exact) mass is 284 g/mol. The van der Waals surface area contributed by atoms with Crippen molar-refractivity contribution >= 4 is 11.6 Å². The van der Waals surface area contributed by atoms with Crippen LogP contribution in [0.1, 0.15) is 5.56 Å². The van der Waals surface area contributed by atoms with Crippen LogP contribution in [-0.2, 0) is 5.88 Å². The predicted molar refractivity (Wildman–Crippen MR) is 69.0 cm³/mol. The number of benzene rings is 2. The summed E-state index contributed by atoms with van der Waals surface area (Å²) in [7, 11) is 1.53. The van der Waals surface area contributed by atoms with Crippen molar-refractivity contribution in [2.75, 3.05) is 7.11 Å². The van der Waals surface area contributed by atoms with Crippen LogP contribution < -0.4 is 9.47 Å². The predicted octanol–water partition coefficient (Wildman–Crippen LogP) is 4.50. The zero-order chi connectivity index (χ0) is 13.8. The highest BCUT2D eigenvalue weighted by Crippen LogP contribution is 2.29. The topological polar surface area (TPSA) is 18.5 Å².